The average molecular weight is 302 g/mol. The molecule has 0 amide bonds. The molecular weight excluding hydrogens is 289 g/mol. The van der Waals surface area contributed by atoms with Gasteiger partial charge in [0.1, 0.15) is 5.75 Å². The molecule has 0 spiro atoms. The number of rotatable bonds is 4. The molecule has 2 aromatic rings. The van der Waals surface area contributed by atoms with Gasteiger partial charge < -0.3 is 9.72 Å². The summed E-state index contributed by atoms with van der Waals surface area (Å²) in [4.78, 5) is 26.4. The lowest BCUT2D eigenvalue weighted by atomic mass is 10.2. The molecule has 21 heavy (non-hydrogen) atoms. The summed E-state index contributed by atoms with van der Waals surface area (Å²) in [5.74, 6) is -0.499. The highest BCUT2D eigenvalue weighted by Crippen LogP contribution is 2.24. The van der Waals surface area contributed by atoms with Gasteiger partial charge in [-0.15, -0.1) is 13.2 Å². The van der Waals surface area contributed by atoms with Crippen LogP contribution in [0.1, 0.15) is 19.8 Å². The fourth-order valence-corrected chi connectivity index (χ4v) is 1.95. The van der Waals surface area contributed by atoms with Crippen LogP contribution in [0.3, 0.4) is 0 Å². The second-order valence-electron chi connectivity index (χ2n) is 4.50. The zero-order valence-corrected chi connectivity index (χ0v) is 11.2. The van der Waals surface area contributed by atoms with Crippen LogP contribution >= 0.6 is 0 Å². The maximum Gasteiger partial charge on any atom is 0.573 e. The molecule has 0 atom stereocenters. The van der Waals surface area contributed by atoms with E-state index in [0.717, 1.165) is 23.1 Å². The number of hydrogen-bond donors (Lipinski definition) is 1. The molecule has 114 valence electrons. The average Bonchev–Trinajstić information content (AvgIpc) is 2.38. The highest BCUT2D eigenvalue weighted by atomic mass is 19.4. The predicted octanol–water partition coefficient (Wildman–Crippen LogP) is 2.39. The van der Waals surface area contributed by atoms with E-state index in [1.165, 1.54) is 6.07 Å². The Morgan fingerprint density at radius 3 is 2.62 bits per heavy atom. The lowest BCUT2D eigenvalue weighted by molar-refractivity contribution is -0.274. The molecule has 0 aliphatic carbocycles. The Morgan fingerprint density at radius 1 is 1.29 bits per heavy atom. The SMILES string of the molecule is CCCCn1c(=O)[nH]c2ccc(OC(F)(F)F)cc2c1=O. The molecule has 8 heteroatoms. The number of nitrogens with one attached hydrogen (secondary N) is 1. The second kappa shape index (κ2) is 5.63. The van der Waals surface area contributed by atoms with Crippen molar-refractivity contribution in [3.8, 4) is 5.75 Å². The highest BCUT2D eigenvalue weighted by Gasteiger charge is 2.31. The van der Waals surface area contributed by atoms with E-state index in [9.17, 15) is 22.8 Å². The van der Waals surface area contributed by atoms with Gasteiger partial charge in [0.05, 0.1) is 10.9 Å². The third-order valence-electron chi connectivity index (χ3n) is 2.92. The second-order valence-corrected chi connectivity index (χ2v) is 4.50. The molecule has 0 aliphatic heterocycles. The number of aromatic amines is 1. The van der Waals surface area contributed by atoms with Crippen LogP contribution in [0.4, 0.5) is 13.2 Å². The number of halogens is 3. The van der Waals surface area contributed by atoms with Crippen molar-refractivity contribution in [1.82, 2.24) is 9.55 Å². The van der Waals surface area contributed by atoms with Gasteiger partial charge >= 0.3 is 12.1 Å². The van der Waals surface area contributed by atoms with E-state index >= 15 is 0 Å². The first-order valence-electron chi connectivity index (χ1n) is 6.34. The minimum atomic E-state index is -4.84. The van der Waals surface area contributed by atoms with E-state index in [0.29, 0.717) is 6.42 Å². The van der Waals surface area contributed by atoms with Gasteiger partial charge in [0.25, 0.3) is 5.56 Å². The molecule has 1 aromatic carbocycles. The van der Waals surface area contributed by atoms with Crippen molar-refractivity contribution >= 4 is 10.9 Å². The summed E-state index contributed by atoms with van der Waals surface area (Å²) in [6, 6.07) is 3.23. The number of nitrogens with zero attached hydrogens (tertiary/aromatic N) is 1. The lowest BCUT2D eigenvalue weighted by Crippen LogP contribution is -2.35. The minimum Gasteiger partial charge on any atom is -0.406 e. The van der Waals surface area contributed by atoms with E-state index in [1.54, 1.807) is 0 Å². The Labute approximate surface area is 117 Å². The van der Waals surface area contributed by atoms with Crippen LogP contribution in [0.15, 0.2) is 27.8 Å². The zero-order chi connectivity index (χ0) is 15.6. The number of benzene rings is 1. The van der Waals surface area contributed by atoms with Crippen molar-refractivity contribution in [2.75, 3.05) is 0 Å². The van der Waals surface area contributed by atoms with Crippen molar-refractivity contribution in [2.45, 2.75) is 32.7 Å². The standard InChI is InChI=1S/C13H13F3N2O3/c1-2-3-6-18-11(19)9-7-8(21-13(14,15)16)4-5-10(9)17-12(18)20/h4-5,7H,2-3,6H2,1H3,(H,17,20). The van der Waals surface area contributed by atoms with E-state index in [4.69, 9.17) is 0 Å². The molecule has 1 aromatic heterocycles. The van der Waals surface area contributed by atoms with Gasteiger partial charge in [-0.05, 0) is 24.6 Å². The Morgan fingerprint density at radius 2 is 2.00 bits per heavy atom. The van der Waals surface area contributed by atoms with E-state index in [2.05, 4.69) is 9.72 Å². The van der Waals surface area contributed by atoms with E-state index in [1.807, 2.05) is 6.92 Å². The minimum absolute atomic E-state index is 0.0209. The fourth-order valence-electron chi connectivity index (χ4n) is 1.95. The number of alkyl halides is 3. The third-order valence-corrected chi connectivity index (χ3v) is 2.92. The molecule has 1 N–H and O–H groups in total. The van der Waals surface area contributed by atoms with Crippen molar-refractivity contribution in [2.24, 2.45) is 0 Å². The highest BCUT2D eigenvalue weighted by molar-refractivity contribution is 5.78. The van der Waals surface area contributed by atoms with Gasteiger partial charge in [-0.25, -0.2) is 4.79 Å². The van der Waals surface area contributed by atoms with Crippen LogP contribution in [0.5, 0.6) is 5.75 Å². The summed E-state index contributed by atoms with van der Waals surface area (Å²) in [5.41, 5.74) is -1.03. The van der Waals surface area contributed by atoms with Crippen LogP contribution in [-0.4, -0.2) is 15.9 Å². The Balaban J connectivity index is 2.55. The quantitative estimate of drug-likeness (QED) is 0.943. The first-order valence-corrected chi connectivity index (χ1v) is 6.34. The molecule has 5 nitrogen and oxygen atoms in total. The van der Waals surface area contributed by atoms with Crippen molar-refractivity contribution < 1.29 is 17.9 Å². The molecule has 0 saturated heterocycles. The van der Waals surface area contributed by atoms with Gasteiger partial charge in [0, 0.05) is 6.54 Å². The monoisotopic (exact) mass is 302 g/mol. The zero-order valence-electron chi connectivity index (χ0n) is 11.2. The summed E-state index contributed by atoms with van der Waals surface area (Å²) in [6.07, 6.45) is -3.44. The van der Waals surface area contributed by atoms with Gasteiger partial charge in [-0.1, -0.05) is 13.3 Å². The molecule has 0 aliphatic rings. The topological polar surface area (TPSA) is 64.1 Å². The summed E-state index contributed by atoms with van der Waals surface area (Å²) in [5, 5.41) is -0.0209. The number of hydrogen-bond acceptors (Lipinski definition) is 3. The van der Waals surface area contributed by atoms with Crippen LogP contribution in [0.25, 0.3) is 10.9 Å². The summed E-state index contributed by atoms with van der Waals surface area (Å²) >= 11 is 0. The molecule has 0 fully saturated rings. The molecule has 0 radical (unpaired) electrons. The summed E-state index contributed by atoms with van der Waals surface area (Å²) in [7, 11) is 0. The maximum absolute atomic E-state index is 12.2. The fraction of sp³-hybridized carbons (Fsp3) is 0.385. The molecule has 0 unspecified atom stereocenters. The van der Waals surface area contributed by atoms with Crippen LogP contribution in [-0.2, 0) is 6.54 Å². The molecule has 0 saturated carbocycles. The molecular formula is C13H13F3N2O3. The lowest BCUT2D eigenvalue weighted by Gasteiger charge is -2.10. The van der Waals surface area contributed by atoms with Crippen molar-refractivity contribution in [3.05, 3.63) is 39.0 Å². The Bertz CT molecular complexity index is 762. The summed E-state index contributed by atoms with van der Waals surface area (Å²) in [6.45, 7) is 2.11. The van der Waals surface area contributed by atoms with Gasteiger partial charge in [0.15, 0.2) is 0 Å². The Hall–Kier alpha value is -2.25. The third kappa shape index (κ3) is 3.45. The predicted molar refractivity (Wildman–Crippen MR) is 70.4 cm³/mol. The van der Waals surface area contributed by atoms with E-state index < -0.39 is 23.4 Å². The number of aromatic nitrogens is 2. The first-order chi connectivity index (χ1) is 9.81. The summed E-state index contributed by atoms with van der Waals surface area (Å²) < 4.78 is 41.3. The van der Waals surface area contributed by atoms with Gasteiger partial charge in [-0.2, -0.15) is 0 Å². The number of H-pyrrole nitrogens is 1. The number of unbranched alkanes of at least 4 members (excludes halogenated alkanes) is 1. The normalized spacial score (nSPS) is 11.8. The smallest absolute Gasteiger partial charge is 0.406 e. The van der Waals surface area contributed by atoms with Crippen LogP contribution in [0, 0.1) is 0 Å². The van der Waals surface area contributed by atoms with Crippen molar-refractivity contribution in [1.29, 1.82) is 0 Å². The molecule has 1 heterocycles. The molecule has 0 bridgehead atoms. The van der Waals surface area contributed by atoms with Crippen LogP contribution in [0.2, 0.25) is 0 Å². The van der Waals surface area contributed by atoms with Crippen molar-refractivity contribution in [3.63, 3.8) is 0 Å². The Kier molecular flexibility index (Phi) is 4.06. The largest absolute Gasteiger partial charge is 0.573 e. The van der Waals surface area contributed by atoms with Gasteiger partial charge in [-0.3, -0.25) is 9.36 Å². The van der Waals surface area contributed by atoms with Crippen LogP contribution < -0.4 is 16.0 Å². The number of fused-ring (bicyclic) bond motifs is 1. The molecule has 2 rings (SSSR count). The first kappa shape index (κ1) is 15.1. The maximum atomic E-state index is 12.2. The van der Waals surface area contributed by atoms with Gasteiger partial charge in [0.2, 0.25) is 0 Å². The van der Waals surface area contributed by atoms with E-state index in [-0.39, 0.29) is 17.4 Å². The number of ether oxygens (including phenoxy) is 1.